The number of fused-ring (bicyclic) bond motifs is 1. The standard InChI is InChI=1S/C17H15N3O2/c1-11-4-3-5-13(8-11)20-16-14-7-6-12(17(21)22-2)9-15(14)18-10-19-16/h3-10H,1-2H3,(H,18,19,20). The Labute approximate surface area is 128 Å². The number of carbonyl (C=O) groups is 1. The van der Waals surface area contributed by atoms with Gasteiger partial charge in [0.25, 0.3) is 0 Å². The number of hydrogen-bond donors (Lipinski definition) is 1. The van der Waals surface area contributed by atoms with Crippen LogP contribution in [0.4, 0.5) is 11.5 Å². The highest BCUT2D eigenvalue weighted by Crippen LogP contribution is 2.24. The average molecular weight is 293 g/mol. The molecule has 22 heavy (non-hydrogen) atoms. The largest absolute Gasteiger partial charge is 0.465 e. The number of ether oxygens (including phenoxy) is 1. The molecule has 2 aromatic carbocycles. The lowest BCUT2D eigenvalue weighted by Gasteiger charge is -2.09. The van der Waals surface area contributed by atoms with E-state index in [0.29, 0.717) is 16.9 Å². The molecule has 0 radical (unpaired) electrons. The van der Waals surface area contributed by atoms with Crippen LogP contribution in [0, 0.1) is 6.92 Å². The van der Waals surface area contributed by atoms with Crippen LogP contribution in [-0.4, -0.2) is 23.0 Å². The number of aromatic nitrogens is 2. The Bertz CT molecular complexity index is 846. The highest BCUT2D eigenvalue weighted by molar-refractivity contribution is 5.97. The molecule has 0 saturated heterocycles. The molecule has 110 valence electrons. The Kier molecular flexibility index (Phi) is 3.70. The predicted molar refractivity (Wildman–Crippen MR) is 85.3 cm³/mol. The lowest BCUT2D eigenvalue weighted by Crippen LogP contribution is -2.02. The first-order valence-electron chi connectivity index (χ1n) is 6.84. The molecule has 5 heteroatoms. The van der Waals surface area contributed by atoms with Gasteiger partial charge in [0.05, 0.1) is 18.2 Å². The summed E-state index contributed by atoms with van der Waals surface area (Å²) in [5, 5.41) is 4.13. The van der Waals surface area contributed by atoms with E-state index in [4.69, 9.17) is 4.74 Å². The van der Waals surface area contributed by atoms with Crippen molar-refractivity contribution in [2.45, 2.75) is 6.92 Å². The molecule has 0 aliphatic carbocycles. The van der Waals surface area contributed by atoms with Crippen molar-refractivity contribution in [3.8, 4) is 0 Å². The summed E-state index contributed by atoms with van der Waals surface area (Å²) in [6.45, 7) is 2.03. The van der Waals surface area contributed by atoms with Crippen LogP contribution in [0.5, 0.6) is 0 Å². The summed E-state index contributed by atoms with van der Waals surface area (Å²) in [5.41, 5.74) is 3.27. The number of hydrogen-bond acceptors (Lipinski definition) is 5. The molecule has 0 saturated carbocycles. The fraction of sp³-hybridized carbons (Fsp3) is 0.118. The molecule has 0 aliphatic heterocycles. The van der Waals surface area contributed by atoms with Crippen LogP contribution in [0.1, 0.15) is 15.9 Å². The van der Waals surface area contributed by atoms with Gasteiger partial charge in [-0.05, 0) is 42.8 Å². The predicted octanol–water partition coefficient (Wildman–Crippen LogP) is 3.47. The van der Waals surface area contributed by atoms with Crippen molar-refractivity contribution in [3.05, 3.63) is 59.9 Å². The lowest BCUT2D eigenvalue weighted by atomic mass is 10.1. The van der Waals surface area contributed by atoms with Crippen molar-refractivity contribution in [2.75, 3.05) is 12.4 Å². The molecule has 1 aromatic heterocycles. The second-order valence-corrected chi connectivity index (χ2v) is 4.94. The SMILES string of the molecule is COC(=O)c1ccc2c(Nc3cccc(C)c3)ncnc2c1. The zero-order valence-corrected chi connectivity index (χ0v) is 12.3. The molecule has 0 fully saturated rings. The van der Waals surface area contributed by atoms with Crippen LogP contribution in [0.15, 0.2) is 48.8 Å². The molecule has 1 N–H and O–H groups in total. The number of esters is 1. The molecule has 0 bridgehead atoms. The Morgan fingerprint density at radius 3 is 2.77 bits per heavy atom. The first kappa shape index (κ1) is 14.0. The molecule has 0 unspecified atom stereocenters. The third-order valence-electron chi connectivity index (χ3n) is 3.34. The van der Waals surface area contributed by atoms with Gasteiger partial charge in [-0.1, -0.05) is 12.1 Å². The van der Waals surface area contributed by atoms with Crippen LogP contribution >= 0.6 is 0 Å². The maximum atomic E-state index is 11.6. The number of benzene rings is 2. The molecule has 1 heterocycles. The quantitative estimate of drug-likeness (QED) is 0.749. The minimum absolute atomic E-state index is 0.381. The fourth-order valence-corrected chi connectivity index (χ4v) is 2.26. The van der Waals surface area contributed by atoms with Gasteiger partial charge in [0.2, 0.25) is 0 Å². The first-order valence-corrected chi connectivity index (χ1v) is 6.84. The van der Waals surface area contributed by atoms with Crippen LogP contribution < -0.4 is 5.32 Å². The summed E-state index contributed by atoms with van der Waals surface area (Å²) in [5.74, 6) is 0.320. The Morgan fingerprint density at radius 2 is 2.00 bits per heavy atom. The summed E-state index contributed by atoms with van der Waals surface area (Å²) in [6, 6.07) is 13.3. The van der Waals surface area contributed by atoms with Gasteiger partial charge < -0.3 is 10.1 Å². The third kappa shape index (κ3) is 2.74. The van der Waals surface area contributed by atoms with Crippen LogP contribution in [-0.2, 0) is 4.74 Å². The molecule has 0 aliphatic rings. The number of methoxy groups -OCH3 is 1. The highest BCUT2D eigenvalue weighted by Gasteiger charge is 2.09. The second-order valence-electron chi connectivity index (χ2n) is 4.94. The fourth-order valence-electron chi connectivity index (χ4n) is 2.26. The van der Waals surface area contributed by atoms with Crippen LogP contribution in [0.3, 0.4) is 0 Å². The summed E-state index contributed by atoms with van der Waals surface area (Å²) in [7, 11) is 1.36. The van der Waals surface area contributed by atoms with Gasteiger partial charge in [0, 0.05) is 11.1 Å². The van der Waals surface area contributed by atoms with E-state index in [9.17, 15) is 4.79 Å². The van der Waals surface area contributed by atoms with E-state index >= 15 is 0 Å². The monoisotopic (exact) mass is 293 g/mol. The minimum atomic E-state index is -0.381. The molecule has 3 rings (SSSR count). The molecular weight excluding hydrogens is 278 g/mol. The molecule has 0 spiro atoms. The number of anilines is 2. The van der Waals surface area contributed by atoms with Gasteiger partial charge >= 0.3 is 5.97 Å². The second kappa shape index (κ2) is 5.81. The number of nitrogens with zero attached hydrogens (tertiary/aromatic N) is 2. The van der Waals surface area contributed by atoms with E-state index < -0.39 is 0 Å². The van der Waals surface area contributed by atoms with E-state index in [-0.39, 0.29) is 5.97 Å². The van der Waals surface area contributed by atoms with E-state index in [2.05, 4.69) is 15.3 Å². The smallest absolute Gasteiger partial charge is 0.337 e. The maximum absolute atomic E-state index is 11.6. The van der Waals surface area contributed by atoms with E-state index in [1.54, 1.807) is 12.1 Å². The summed E-state index contributed by atoms with van der Waals surface area (Å²) >= 11 is 0. The maximum Gasteiger partial charge on any atom is 0.337 e. The molecule has 5 nitrogen and oxygen atoms in total. The molecular formula is C17H15N3O2. The van der Waals surface area contributed by atoms with Gasteiger partial charge in [0.15, 0.2) is 0 Å². The van der Waals surface area contributed by atoms with Crippen molar-refractivity contribution >= 4 is 28.4 Å². The van der Waals surface area contributed by atoms with E-state index in [1.165, 1.54) is 13.4 Å². The Hall–Kier alpha value is -2.95. The number of rotatable bonds is 3. The van der Waals surface area contributed by atoms with Gasteiger partial charge in [0.1, 0.15) is 12.1 Å². The topological polar surface area (TPSA) is 64.1 Å². The van der Waals surface area contributed by atoms with Crippen molar-refractivity contribution < 1.29 is 9.53 Å². The Balaban J connectivity index is 2.02. The van der Waals surface area contributed by atoms with Gasteiger partial charge in [-0.2, -0.15) is 0 Å². The minimum Gasteiger partial charge on any atom is -0.465 e. The van der Waals surface area contributed by atoms with Crippen molar-refractivity contribution in [1.82, 2.24) is 9.97 Å². The zero-order chi connectivity index (χ0) is 15.5. The average Bonchev–Trinajstić information content (AvgIpc) is 2.54. The highest BCUT2D eigenvalue weighted by atomic mass is 16.5. The van der Waals surface area contributed by atoms with Gasteiger partial charge in [-0.3, -0.25) is 0 Å². The summed E-state index contributed by atoms with van der Waals surface area (Å²) in [4.78, 5) is 20.1. The van der Waals surface area contributed by atoms with Gasteiger partial charge in [-0.25, -0.2) is 14.8 Å². The molecule has 0 atom stereocenters. The third-order valence-corrected chi connectivity index (χ3v) is 3.34. The number of carbonyl (C=O) groups excluding carboxylic acids is 1. The lowest BCUT2D eigenvalue weighted by molar-refractivity contribution is 0.0601. The number of nitrogens with one attached hydrogen (secondary N) is 1. The van der Waals surface area contributed by atoms with Gasteiger partial charge in [-0.15, -0.1) is 0 Å². The van der Waals surface area contributed by atoms with Crippen LogP contribution in [0.25, 0.3) is 10.9 Å². The normalized spacial score (nSPS) is 10.5. The van der Waals surface area contributed by atoms with Crippen LogP contribution in [0.2, 0.25) is 0 Å². The summed E-state index contributed by atoms with van der Waals surface area (Å²) < 4.78 is 4.73. The Morgan fingerprint density at radius 1 is 1.14 bits per heavy atom. The van der Waals surface area contributed by atoms with E-state index in [0.717, 1.165) is 16.6 Å². The van der Waals surface area contributed by atoms with Crippen molar-refractivity contribution in [3.63, 3.8) is 0 Å². The molecule has 3 aromatic rings. The van der Waals surface area contributed by atoms with Crippen molar-refractivity contribution in [1.29, 1.82) is 0 Å². The summed E-state index contributed by atoms with van der Waals surface area (Å²) in [6.07, 6.45) is 1.47. The molecule has 0 amide bonds. The van der Waals surface area contributed by atoms with E-state index in [1.807, 2.05) is 37.3 Å². The first-order chi connectivity index (χ1) is 10.7. The van der Waals surface area contributed by atoms with Crippen molar-refractivity contribution in [2.24, 2.45) is 0 Å². The number of aryl methyl sites for hydroxylation is 1. The zero-order valence-electron chi connectivity index (χ0n) is 12.3.